The third-order valence-electron chi connectivity index (χ3n) is 22.3. The molecule has 0 aliphatic carbocycles. The summed E-state index contributed by atoms with van der Waals surface area (Å²) < 4.78 is 0. The van der Waals surface area contributed by atoms with E-state index >= 15 is 0 Å². The van der Waals surface area contributed by atoms with Gasteiger partial charge >= 0.3 is 0 Å². The van der Waals surface area contributed by atoms with Crippen molar-refractivity contribution in [1.82, 2.24) is 0 Å². The van der Waals surface area contributed by atoms with E-state index in [2.05, 4.69) is 407 Å². The maximum absolute atomic E-state index is 2.71. The summed E-state index contributed by atoms with van der Waals surface area (Å²) in [6.07, 6.45) is 0. The largest absolute Gasteiger partial charge is 0.310 e. The number of fused-ring (bicyclic) bond motifs is 6. The Morgan fingerprint density at radius 2 is 0.562 bits per heavy atom. The zero-order valence-electron chi connectivity index (χ0n) is 58.8. The van der Waals surface area contributed by atoms with Gasteiger partial charge in [-0.25, -0.2) is 0 Å². The van der Waals surface area contributed by atoms with Gasteiger partial charge in [-0.05, 0) is 197 Å². The molecule has 0 spiro atoms. The molecule has 0 atom stereocenters. The lowest BCUT2D eigenvalue weighted by Gasteiger charge is -2.46. The number of benzene rings is 18. The molecule has 105 heavy (non-hydrogen) atoms. The Morgan fingerprint density at radius 1 is 0.219 bits per heavy atom. The van der Waals surface area contributed by atoms with E-state index in [0.29, 0.717) is 0 Å². The Bertz CT molecular complexity index is 6250. The van der Waals surface area contributed by atoms with Gasteiger partial charge in [-0.3, -0.25) is 0 Å². The SMILES string of the molecule is CC(C)(C)c1ccc(-c2cc3c4c(c2)N(c2c(-c5ccccc5)cc(-c5ccccc5)cc2-c2ccccc2)c2ccc(-c5ccc6cccc7c8cccc9cccc(c5c67)c98)cc2B4c2cc(-c4ccccc4)ccc2N3c2c(-c3ccccc3)cc(-c3ccccc3)cc2-c2ccccc2)cc1. The van der Waals surface area contributed by atoms with Crippen LogP contribution < -0.4 is 26.2 Å². The Balaban J connectivity index is 0.977. The first-order chi connectivity index (χ1) is 51.7. The highest BCUT2D eigenvalue weighted by atomic mass is 15.2. The molecule has 0 radical (unpaired) electrons. The third kappa shape index (κ3) is 10.3. The van der Waals surface area contributed by atoms with Crippen LogP contribution in [0, 0.1) is 0 Å². The summed E-state index contributed by atoms with van der Waals surface area (Å²) in [5.41, 5.74) is 32.2. The molecule has 0 N–H and O–H groups in total. The van der Waals surface area contributed by atoms with Crippen molar-refractivity contribution < 1.29 is 0 Å². The maximum Gasteiger partial charge on any atom is 0.252 e. The van der Waals surface area contributed by atoms with Gasteiger partial charge in [0.05, 0.1) is 11.4 Å². The van der Waals surface area contributed by atoms with E-state index in [0.717, 1.165) is 118 Å². The Hall–Kier alpha value is -13.1. The highest BCUT2D eigenvalue weighted by Gasteiger charge is 2.46. The van der Waals surface area contributed by atoms with E-state index in [1.54, 1.807) is 0 Å². The number of anilines is 6. The van der Waals surface area contributed by atoms with Crippen molar-refractivity contribution in [3.05, 3.63) is 382 Å². The van der Waals surface area contributed by atoms with Crippen LogP contribution in [0.1, 0.15) is 26.3 Å². The minimum absolute atomic E-state index is 0.0576. The van der Waals surface area contributed by atoms with Gasteiger partial charge in [0.25, 0.3) is 6.71 Å². The molecule has 0 saturated heterocycles. The quantitative estimate of drug-likeness (QED) is 0.0723. The molecule has 2 aliphatic rings. The molecule has 0 amide bonds. The van der Waals surface area contributed by atoms with E-state index in [4.69, 9.17) is 0 Å². The second-order valence-corrected chi connectivity index (χ2v) is 29.4. The molecular formula is C102H71BN2. The molecule has 2 aliphatic heterocycles. The predicted molar refractivity (Wildman–Crippen MR) is 449 cm³/mol. The Kier molecular flexibility index (Phi) is 14.6. The summed E-state index contributed by atoms with van der Waals surface area (Å²) in [7, 11) is 0. The fourth-order valence-corrected chi connectivity index (χ4v) is 17.4. The van der Waals surface area contributed by atoms with Crippen molar-refractivity contribution in [2.75, 3.05) is 9.80 Å². The van der Waals surface area contributed by atoms with Crippen LogP contribution in [0.3, 0.4) is 0 Å². The lowest BCUT2D eigenvalue weighted by molar-refractivity contribution is 0.590. The molecule has 0 saturated carbocycles. The van der Waals surface area contributed by atoms with Crippen LogP contribution in [0.2, 0.25) is 0 Å². The molecule has 0 unspecified atom stereocenters. The summed E-state index contributed by atoms with van der Waals surface area (Å²) in [4.78, 5) is 5.40. The van der Waals surface area contributed by atoms with E-state index < -0.39 is 0 Å². The second kappa shape index (κ2) is 24.9. The van der Waals surface area contributed by atoms with Crippen molar-refractivity contribution in [1.29, 1.82) is 0 Å². The molecule has 3 heteroatoms. The average Bonchev–Trinajstić information content (AvgIpc) is 0.693. The normalized spacial score (nSPS) is 12.5. The standard InChI is InChI=1S/C102H71BN2/c1-102(2,3)81-53-48-69(49-54-81)80-64-94-99-95(65-80)105(101-88(72-38-21-9-22-39-72)60-79(68-32-15-6-16-33-68)61-89(101)73-40-23-10-24-41-73)93-57-52-77(82-55-50-75-44-26-46-84-83-45-25-42-74-43-27-47-85(96(74)83)98(82)97(75)84)63-91(93)103(99)90-62-76(66-28-11-4-12-29-66)51-56-92(90)104(94)100-86(70-34-17-7-18-35-70)58-78(67-30-13-5-14-31-67)59-87(100)71-36-19-8-20-37-71/h4-65H,1-3H3. The van der Waals surface area contributed by atoms with Crippen LogP contribution in [0.4, 0.5) is 34.1 Å². The van der Waals surface area contributed by atoms with Crippen molar-refractivity contribution in [3.63, 3.8) is 0 Å². The Labute approximate surface area is 614 Å². The van der Waals surface area contributed by atoms with Crippen molar-refractivity contribution in [2.24, 2.45) is 0 Å². The lowest BCUT2D eigenvalue weighted by Crippen LogP contribution is -2.61. The van der Waals surface area contributed by atoms with Gasteiger partial charge < -0.3 is 9.80 Å². The number of rotatable bonds is 11. The van der Waals surface area contributed by atoms with Gasteiger partial charge in [-0.1, -0.05) is 348 Å². The fraction of sp³-hybridized carbons (Fsp3) is 0.0392. The third-order valence-corrected chi connectivity index (χ3v) is 22.3. The zero-order valence-corrected chi connectivity index (χ0v) is 58.8. The van der Waals surface area contributed by atoms with Crippen LogP contribution in [-0.2, 0) is 5.41 Å². The topological polar surface area (TPSA) is 6.48 Å². The van der Waals surface area contributed by atoms with Gasteiger partial charge in [0.1, 0.15) is 0 Å². The molecule has 2 nitrogen and oxygen atoms in total. The summed E-state index contributed by atoms with van der Waals surface area (Å²) >= 11 is 0. The van der Waals surface area contributed by atoms with Crippen LogP contribution in [0.5, 0.6) is 0 Å². The Morgan fingerprint density at radius 3 is 0.990 bits per heavy atom. The van der Waals surface area contributed by atoms with Crippen LogP contribution in [0.15, 0.2) is 376 Å². The monoisotopic (exact) mass is 1330 g/mol. The number of hydrogen-bond acceptors (Lipinski definition) is 2. The first-order valence-electron chi connectivity index (χ1n) is 36.7. The smallest absolute Gasteiger partial charge is 0.252 e. The summed E-state index contributed by atoms with van der Waals surface area (Å²) in [6.45, 7) is 6.64. The highest BCUT2D eigenvalue weighted by molar-refractivity contribution is 7.00. The minimum atomic E-state index is -0.294. The number of nitrogens with zero attached hydrogens (tertiary/aromatic N) is 2. The zero-order chi connectivity index (χ0) is 69.9. The van der Waals surface area contributed by atoms with Gasteiger partial charge in [-0.2, -0.15) is 0 Å². The molecular weight excluding hydrogens is 1260 g/mol. The van der Waals surface area contributed by atoms with Crippen molar-refractivity contribution in [2.45, 2.75) is 26.2 Å². The van der Waals surface area contributed by atoms with Crippen molar-refractivity contribution >= 4 is 100 Å². The summed E-state index contributed by atoms with van der Waals surface area (Å²) in [5, 5.41) is 10.2. The van der Waals surface area contributed by atoms with Crippen LogP contribution in [-0.4, -0.2) is 6.71 Å². The lowest BCUT2D eigenvalue weighted by atomic mass is 9.33. The predicted octanol–water partition coefficient (Wildman–Crippen LogP) is 26.1. The van der Waals surface area contributed by atoms with Gasteiger partial charge in [0.15, 0.2) is 0 Å². The van der Waals surface area contributed by atoms with Crippen molar-refractivity contribution in [3.8, 4) is 100 Å². The first-order valence-corrected chi connectivity index (χ1v) is 36.7. The van der Waals surface area contributed by atoms with E-state index in [1.165, 1.54) is 81.7 Å². The first kappa shape index (κ1) is 61.8. The number of hydrogen-bond donors (Lipinski definition) is 0. The molecule has 0 fully saturated rings. The van der Waals surface area contributed by atoms with Gasteiger partial charge in [0, 0.05) is 45.0 Å². The molecule has 2 heterocycles. The second-order valence-electron chi connectivity index (χ2n) is 29.4. The van der Waals surface area contributed by atoms with Crippen LogP contribution in [0.25, 0.3) is 143 Å². The fourth-order valence-electron chi connectivity index (χ4n) is 17.4. The van der Waals surface area contributed by atoms with Gasteiger partial charge in [0.2, 0.25) is 0 Å². The molecule has 18 aromatic carbocycles. The van der Waals surface area contributed by atoms with E-state index in [9.17, 15) is 0 Å². The molecule has 0 aromatic heterocycles. The highest BCUT2D eigenvalue weighted by Crippen LogP contribution is 2.56. The molecule has 20 rings (SSSR count). The molecule has 18 aromatic rings. The average molecular weight is 1340 g/mol. The van der Waals surface area contributed by atoms with Gasteiger partial charge in [-0.15, -0.1) is 0 Å². The van der Waals surface area contributed by atoms with E-state index in [1.807, 2.05) is 0 Å². The van der Waals surface area contributed by atoms with E-state index in [-0.39, 0.29) is 12.1 Å². The minimum Gasteiger partial charge on any atom is -0.310 e. The molecule has 0 bridgehead atoms. The maximum atomic E-state index is 2.71. The summed E-state index contributed by atoms with van der Waals surface area (Å²) in [6, 6.07) is 142. The molecule has 492 valence electrons. The van der Waals surface area contributed by atoms with Crippen LogP contribution >= 0.6 is 0 Å². The summed E-state index contributed by atoms with van der Waals surface area (Å²) in [5.74, 6) is 0.